The van der Waals surface area contributed by atoms with Crippen LogP contribution in [-0.4, -0.2) is 26.8 Å². The van der Waals surface area contributed by atoms with Gasteiger partial charge in [-0.25, -0.2) is 0 Å². The largest absolute Gasteiger partial charge is 0.553 e. The molecule has 0 aromatic heterocycles. The van der Waals surface area contributed by atoms with E-state index in [1.54, 1.807) is 24.3 Å². The van der Waals surface area contributed by atoms with Crippen LogP contribution in [0.2, 0.25) is 0 Å². The third-order valence-electron chi connectivity index (χ3n) is 2.70. The molecule has 0 heterocycles. The van der Waals surface area contributed by atoms with Crippen LogP contribution >= 0.6 is 0 Å². The highest BCUT2D eigenvalue weighted by atomic mass is 28.2. The summed E-state index contributed by atoms with van der Waals surface area (Å²) in [5.41, 5.74) is 1.33. The monoisotopic (exact) mass is 274 g/mol. The second-order valence-electron chi connectivity index (χ2n) is 3.79. The SMILES string of the molecule is O=C(c1ccc(O[SiH3])cc1)c1ccc(O[SiH3])cc1. The molecule has 2 aromatic carbocycles. The van der Waals surface area contributed by atoms with Crippen molar-refractivity contribution in [1.82, 2.24) is 0 Å². The Morgan fingerprint density at radius 1 is 0.722 bits per heavy atom. The van der Waals surface area contributed by atoms with Crippen molar-refractivity contribution >= 4 is 26.8 Å². The first kappa shape index (κ1) is 12.6. The summed E-state index contributed by atoms with van der Waals surface area (Å²) in [6.45, 7) is 0. The van der Waals surface area contributed by atoms with E-state index in [0.717, 1.165) is 11.5 Å². The van der Waals surface area contributed by atoms with Crippen LogP contribution in [0, 0.1) is 0 Å². The molecule has 0 saturated carbocycles. The molecule has 0 radical (unpaired) electrons. The molecule has 0 spiro atoms. The number of carbonyl (C=O) groups is 1. The fraction of sp³-hybridized carbons (Fsp3) is 0. The van der Waals surface area contributed by atoms with Gasteiger partial charge in [-0.15, -0.1) is 0 Å². The lowest BCUT2D eigenvalue weighted by Crippen LogP contribution is -2.01. The van der Waals surface area contributed by atoms with Gasteiger partial charge in [0.15, 0.2) is 5.78 Å². The molecular formula is C13H14O3Si2. The minimum atomic E-state index is 0.00907. The molecule has 0 aliphatic rings. The third kappa shape index (κ3) is 2.69. The van der Waals surface area contributed by atoms with Gasteiger partial charge in [0.05, 0.1) is 0 Å². The van der Waals surface area contributed by atoms with Crippen LogP contribution in [0.25, 0.3) is 0 Å². The van der Waals surface area contributed by atoms with E-state index < -0.39 is 0 Å². The van der Waals surface area contributed by atoms with Gasteiger partial charge in [-0.2, -0.15) is 0 Å². The highest BCUT2D eigenvalue weighted by Gasteiger charge is 2.08. The lowest BCUT2D eigenvalue weighted by atomic mass is 10.0. The third-order valence-corrected chi connectivity index (χ3v) is 3.65. The van der Waals surface area contributed by atoms with Crippen molar-refractivity contribution in [1.29, 1.82) is 0 Å². The van der Waals surface area contributed by atoms with Gasteiger partial charge in [0.2, 0.25) is 21.0 Å². The quantitative estimate of drug-likeness (QED) is 0.592. The van der Waals surface area contributed by atoms with E-state index in [2.05, 4.69) is 0 Å². The van der Waals surface area contributed by atoms with Gasteiger partial charge in [-0.05, 0) is 48.5 Å². The van der Waals surface area contributed by atoms with Crippen LogP contribution in [0.1, 0.15) is 15.9 Å². The van der Waals surface area contributed by atoms with Gasteiger partial charge in [0, 0.05) is 11.1 Å². The average molecular weight is 274 g/mol. The first-order valence-electron chi connectivity index (χ1n) is 5.57. The number of hydrogen-bond acceptors (Lipinski definition) is 3. The van der Waals surface area contributed by atoms with Gasteiger partial charge in [-0.3, -0.25) is 4.79 Å². The second-order valence-corrected chi connectivity index (χ2v) is 4.60. The maximum atomic E-state index is 12.2. The van der Waals surface area contributed by atoms with Crippen LogP contribution in [-0.2, 0) is 0 Å². The number of ketones is 1. The van der Waals surface area contributed by atoms with Crippen LogP contribution < -0.4 is 8.85 Å². The number of carbonyl (C=O) groups excluding carboxylic acids is 1. The Morgan fingerprint density at radius 3 is 1.33 bits per heavy atom. The minimum Gasteiger partial charge on any atom is -0.553 e. The number of hydrogen-bond donors (Lipinski definition) is 0. The van der Waals surface area contributed by atoms with Gasteiger partial charge >= 0.3 is 0 Å². The van der Waals surface area contributed by atoms with Crippen LogP contribution in [0.4, 0.5) is 0 Å². The topological polar surface area (TPSA) is 35.5 Å². The molecule has 0 aliphatic heterocycles. The minimum absolute atomic E-state index is 0.00907. The fourth-order valence-electron chi connectivity index (χ4n) is 1.65. The van der Waals surface area contributed by atoms with Crippen molar-refractivity contribution in [2.75, 3.05) is 0 Å². The fourth-order valence-corrected chi connectivity index (χ4v) is 2.20. The first-order valence-corrected chi connectivity index (χ1v) is 7.20. The van der Waals surface area contributed by atoms with Gasteiger partial charge in [0.25, 0.3) is 0 Å². The van der Waals surface area contributed by atoms with Crippen molar-refractivity contribution < 1.29 is 13.6 Å². The highest BCUT2D eigenvalue weighted by molar-refractivity contribution is 6.09. The van der Waals surface area contributed by atoms with Crippen molar-refractivity contribution in [3.63, 3.8) is 0 Å². The van der Waals surface area contributed by atoms with E-state index in [-0.39, 0.29) is 5.78 Å². The van der Waals surface area contributed by atoms with Crippen molar-refractivity contribution in [2.45, 2.75) is 0 Å². The van der Waals surface area contributed by atoms with Crippen molar-refractivity contribution in [2.24, 2.45) is 0 Å². The zero-order chi connectivity index (χ0) is 13.0. The molecule has 2 rings (SSSR count). The highest BCUT2D eigenvalue weighted by Crippen LogP contribution is 2.17. The molecule has 5 heteroatoms. The maximum absolute atomic E-state index is 12.2. The molecule has 0 amide bonds. The predicted octanol–water partition coefficient (Wildman–Crippen LogP) is 0.236. The van der Waals surface area contributed by atoms with E-state index in [1.165, 1.54) is 0 Å². The summed E-state index contributed by atoms with van der Waals surface area (Å²) in [6.07, 6.45) is 0. The number of rotatable bonds is 4. The maximum Gasteiger partial charge on any atom is 0.204 e. The molecule has 2 aromatic rings. The Labute approximate surface area is 112 Å². The lowest BCUT2D eigenvalue weighted by molar-refractivity contribution is 0.103. The van der Waals surface area contributed by atoms with E-state index in [4.69, 9.17) is 8.85 Å². The molecule has 0 unspecified atom stereocenters. The molecular weight excluding hydrogens is 260 g/mol. The van der Waals surface area contributed by atoms with E-state index in [9.17, 15) is 4.79 Å². The molecule has 0 aliphatic carbocycles. The van der Waals surface area contributed by atoms with Crippen molar-refractivity contribution in [3.8, 4) is 11.5 Å². The van der Waals surface area contributed by atoms with Gasteiger partial charge < -0.3 is 8.85 Å². The second kappa shape index (κ2) is 5.66. The van der Waals surface area contributed by atoms with Crippen LogP contribution in [0.15, 0.2) is 48.5 Å². The molecule has 92 valence electrons. The van der Waals surface area contributed by atoms with E-state index >= 15 is 0 Å². The summed E-state index contributed by atoms with van der Waals surface area (Å²) in [6, 6.07) is 14.4. The van der Waals surface area contributed by atoms with Gasteiger partial charge in [0.1, 0.15) is 11.5 Å². The normalized spacial score (nSPS) is 10.2. The number of benzene rings is 2. The Bertz CT molecular complexity index is 486. The molecule has 0 bridgehead atoms. The van der Waals surface area contributed by atoms with Crippen LogP contribution in [0.5, 0.6) is 11.5 Å². The first-order chi connectivity index (χ1) is 8.74. The van der Waals surface area contributed by atoms with Gasteiger partial charge in [-0.1, -0.05) is 0 Å². The molecule has 0 saturated heterocycles. The zero-order valence-electron chi connectivity index (χ0n) is 10.3. The Morgan fingerprint density at radius 2 is 1.06 bits per heavy atom. The zero-order valence-corrected chi connectivity index (χ0v) is 14.3. The molecule has 0 fully saturated rings. The summed E-state index contributed by atoms with van der Waals surface area (Å²) < 4.78 is 10.4. The summed E-state index contributed by atoms with van der Waals surface area (Å²) in [4.78, 5) is 12.2. The summed E-state index contributed by atoms with van der Waals surface area (Å²) in [5, 5.41) is 0. The predicted molar refractivity (Wildman–Crippen MR) is 77.5 cm³/mol. The molecule has 0 N–H and O–H groups in total. The molecule has 18 heavy (non-hydrogen) atoms. The Balaban J connectivity index is 2.23. The summed E-state index contributed by atoms with van der Waals surface area (Å²) >= 11 is 0. The Hall–Kier alpha value is -1.86. The van der Waals surface area contributed by atoms with E-state index in [1.807, 2.05) is 24.3 Å². The van der Waals surface area contributed by atoms with E-state index in [0.29, 0.717) is 32.1 Å². The molecule has 0 atom stereocenters. The standard InChI is InChI=1S/C13H14O3Si2/c14-13(9-1-5-11(15-17)6-2-9)10-3-7-12(16-18)8-4-10/h1-8H,17-18H3. The summed E-state index contributed by atoms with van der Waals surface area (Å²) in [7, 11) is 1.30. The average Bonchev–Trinajstić information content (AvgIpc) is 2.47. The molecule has 3 nitrogen and oxygen atoms in total. The van der Waals surface area contributed by atoms with Crippen LogP contribution in [0.3, 0.4) is 0 Å². The van der Waals surface area contributed by atoms with Crippen molar-refractivity contribution in [3.05, 3.63) is 59.7 Å². The Kier molecular flexibility index (Phi) is 3.96. The lowest BCUT2D eigenvalue weighted by Gasteiger charge is -2.05. The summed E-state index contributed by atoms with van der Waals surface area (Å²) in [5.74, 6) is 1.62. The smallest absolute Gasteiger partial charge is 0.204 e.